The fourth-order valence-corrected chi connectivity index (χ4v) is 4.02. The van der Waals surface area contributed by atoms with Gasteiger partial charge < -0.3 is 5.32 Å². The van der Waals surface area contributed by atoms with Gasteiger partial charge in [-0.05, 0) is 49.3 Å². The number of aryl methyl sites for hydroxylation is 1. The number of hydrogen-bond acceptors (Lipinski definition) is 3. The normalized spacial score (nSPS) is 19.2. The van der Waals surface area contributed by atoms with Gasteiger partial charge >= 0.3 is 0 Å². The average Bonchev–Trinajstić information content (AvgIpc) is 3.04. The maximum atomic E-state index is 4.48. The van der Waals surface area contributed by atoms with Gasteiger partial charge in [-0.2, -0.15) is 0 Å². The molecule has 0 saturated heterocycles. The minimum atomic E-state index is 0.560. The summed E-state index contributed by atoms with van der Waals surface area (Å²) in [7, 11) is 0. The lowest BCUT2D eigenvalue weighted by molar-refractivity contribution is 0.318. The second-order valence-electron chi connectivity index (χ2n) is 5.96. The van der Waals surface area contributed by atoms with Gasteiger partial charge in [-0.1, -0.05) is 31.2 Å². The molecule has 0 saturated carbocycles. The lowest BCUT2D eigenvalue weighted by atomic mass is 9.79. The molecule has 0 bridgehead atoms. The first kappa shape index (κ1) is 14.7. The number of benzene rings is 1. The summed E-state index contributed by atoms with van der Waals surface area (Å²) in [5.41, 5.74) is 3.11. The Morgan fingerprint density at radius 2 is 2.19 bits per heavy atom. The molecule has 1 aromatic heterocycles. The second kappa shape index (κ2) is 7.19. The van der Waals surface area contributed by atoms with E-state index in [1.54, 1.807) is 22.5 Å². The zero-order chi connectivity index (χ0) is 14.5. The van der Waals surface area contributed by atoms with Crippen LogP contribution in [-0.2, 0) is 19.3 Å². The van der Waals surface area contributed by atoms with Crippen molar-refractivity contribution >= 4 is 11.3 Å². The van der Waals surface area contributed by atoms with Crippen LogP contribution in [0, 0.1) is 5.92 Å². The van der Waals surface area contributed by atoms with Gasteiger partial charge in [0.05, 0.1) is 5.01 Å². The summed E-state index contributed by atoms with van der Waals surface area (Å²) in [6.45, 7) is 3.35. The number of hydrogen-bond donors (Lipinski definition) is 1. The van der Waals surface area contributed by atoms with Gasteiger partial charge in [0, 0.05) is 24.0 Å². The molecule has 0 fully saturated rings. The summed E-state index contributed by atoms with van der Waals surface area (Å²) >= 11 is 1.78. The number of nitrogens with zero attached hydrogens (tertiary/aromatic N) is 1. The predicted molar refractivity (Wildman–Crippen MR) is 89.9 cm³/mol. The smallest absolute Gasteiger partial charge is 0.0940 e. The van der Waals surface area contributed by atoms with Gasteiger partial charge in [-0.15, -0.1) is 11.3 Å². The molecule has 3 heteroatoms. The van der Waals surface area contributed by atoms with E-state index in [-0.39, 0.29) is 0 Å². The first-order valence-electron chi connectivity index (χ1n) is 8.05. The molecule has 1 aliphatic carbocycles. The van der Waals surface area contributed by atoms with Gasteiger partial charge in [0.25, 0.3) is 0 Å². The molecule has 1 aliphatic rings. The summed E-state index contributed by atoms with van der Waals surface area (Å²) in [6.07, 6.45) is 7.92. The number of rotatable bonds is 6. The zero-order valence-corrected chi connectivity index (χ0v) is 13.5. The zero-order valence-electron chi connectivity index (χ0n) is 12.7. The molecule has 2 aromatic rings. The topological polar surface area (TPSA) is 24.9 Å². The lowest BCUT2D eigenvalue weighted by Gasteiger charge is -2.32. The molecule has 0 aliphatic heterocycles. The highest BCUT2D eigenvalue weighted by Gasteiger charge is 2.26. The third-order valence-electron chi connectivity index (χ3n) is 4.49. The molecule has 2 nitrogen and oxygen atoms in total. The third kappa shape index (κ3) is 3.72. The fraction of sp³-hybridized carbons (Fsp3) is 0.500. The highest BCUT2D eigenvalue weighted by atomic mass is 32.1. The standard InChI is InChI=1S/C18H24N2S/c1-2-9-19-17(13-18-20-10-11-21-18)16-8-7-14-5-3-4-6-15(14)12-16/h3-6,10-11,16-17,19H,2,7-9,12-13H2,1H3. The molecular formula is C18H24N2S. The van der Waals surface area contributed by atoms with Crippen molar-refractivity contribution < 1.29 is 0 Å². The van der Waals surface area contributed by atoms with Crippen molar-refractivity contribution in [2.45, 2.75) is 45.1 Å². The number of aromatic nitrogens is 1. The van der Waals surface area contributed by atoms with Gasteiger partial charge in [0.1, 0.15) is 0 Å². The maximum Gasteiger partial charge on any atom is 0.0940 e. The van der Waals surface area contributed by atoms with Crippen LogP contribution in [0.3, 0.4) is 0 Å². The quantitative estimate of drug-likeness (QED) is 0.876. The Kier molecular flexibility index (Phi) is 5.04. The van der Waals surface area contributed by atoms with Crippen molar-refractivity contribution in [2.75, 3.05) is 6.54 Å². The summed E-state index contributed by atoms with van der Waals surface area (Å²) in [4.78, 5) is 4.48. The molecule has 0 amide bonds. The monoisotopic (exact) mass is 300 g/mol. The van der Waals surface area contributed by atoms with Crippen molar-refractivity contribution in [1.82, 2.24) is 10.3 Å². The van der Waals surface area contributed by atoms with Crippen LogP contribution in [0.4, 0.5) is 0 Å². The molecule has 0 spiro atoms. The summed E-state index contributed by atoms with van der Waals surface area (Å²) in [6, 6.07) is 9.50. The lowest BCUT2D eigenvalue weighted by Crippen LogP contribution is -2.41. The molecule has 2 unspecified atom stereocenters. The largest absolute Gasteiger partial charge is 0.313 e. The van der Waals surface area contributed by atoms with Crippen molar-refractivity contribution in [3.05, 3.63) is 52.0 Å². The fourth-order valence-electron chi connectivity index (χ4n) is 3.35. The van der Waals surface area contributed by atoms with E-state index in [1.807, 2.05) is 6.20 Å². The Morgan fingerprint density at radius 3 is 2.95 bits per heavy atom. The van der Waals surface area contributed by atoms with Crippen LogP contribution in [0.15, 0.2) is 35.8 Å². The van der Waals surface area contributed by atoms with Crippen molar-refractivity contribution in [2.24, 2.45) is 5.92 Å². The van der Waals surface area contributed by atoms with E-state index in [9.17, 15) is 0 Å². The Balaban J connectivity index is 1.71. The van der Waals surface area contributed by atoms with Gasteiger partial charge in [0.15, 0.2) is 0 Å². The first-order chi connectivity index (χ1) is 10.4. The highest BCUT2D eigenvalue weighted by Crippen LogP contribution is 2.29. The minimum Gasteiger partial charge on any atom is -0.313 e. The van der Waals surface area contributed by atoms with E-state index in [1.165, 1.54) is 30.7 Å². The van der Waals surface area contributed by atoms with Gasteiger partial charge in [-0.25, -0.2) is 4.98 Å². The Labute approximate surface area is 131 Å². The average molecular weight is 300 g/mol. The molecule has 2 atom stereocenters. The van der Waals surface area contributed by atoms with E-state index < -0.39 is 0 Å². The molecule has 1 N–H and O–H groups in total. The van der Waals surface area contributed by atoms with Crippen LogP contribution in [0.25, 0.3) is 0 Å². The van der Waals surface area contributed by atoms with Crippen LogP contribution < -0.4 is 5.32 Å². The van der Waals surface area contributed by atoms with Crippen LogP contribution >= 0.6 is 11.3 Å². The van der Waals surface area contributed by atoms with Crippen LogP contribution in [0.5, 0.6) is 0 Å². The molecule has 3 rings (SSSR count). The SMILES string of the molecule is CCCNC(Cc1nccs1)C1CCc2ccccc2C1. The van der Waals surface area contributed by atoms with E-state index >= 15 is 0 Å². The number of nitrogens with one attached hydrogen (secondary N) is 1. The Bertz CT molecular complexity index is 550. The Morgan fingerprint density at radius 1 is 1.33 bits per heavy atom. The number of thiazole rings is 1. The summed E-state index contributed by atoms with van der Waals surface area (Å²) < 4.78 is 0. The summed E-state index contributed by atoms with van der Waals surface area (Å²) in [5, 5.41) is 7.13. The van der Waals surface area contributed by atoms with Crippen LogP contribution in [-0.4, -0.2) is 17.6 Å². The van der Waals surface area contributed by atoms with E-state index in [2.05, 4.69) is 46.9 Å². The minimum absolute atomic E-state index is 0.560. The molecule has 1 heterocycles. The molecule has 112 valence electrons. The Hall–Kier alpha value is -1.19. The molecule has 0 radical (unpaired) electrons. The van der Waals surface area contributed by atoms with Gasteiger partial charge in [0.2, 0.25) is 0 Å². The maximum absolute atomic E-state index is 4.48. The van der Waals surface area contributed by atoms with Crippen LogP contribution in [0.2, 0.25) is 0 Å². The number of fused-ring (bicyclic) bond motifs is 1. The predicted octanol–water partition coefficient (Wildman–Crippen LogP) is 3.86. The van der Waals surface area contributed by atoms with E-state index in [0.717, 1.165) is 18.9 Å². The van der Waals surface area contributed by atoms with E-state index in [0.29, 0.717) is 6.04 Å². The van der Waals surface area contributed by atoms with Crippen molar-refractivity contribution in [3.8, 4) is 0 Å². The van der Waals surface area contributed by atoms with Crippen LogP contribution in [0.1, 0.15) is 35.9 Å². The highest BCUT2D eigenvalue weighted by molar-refractivity contribution is 7.09. The second-order valence-corrected chi connectivity index (χ2v) is 6.94. The third-order valence-corrected chi connectivity index (χ3v) is 5.29. The van der Waals surface area contributed by atoms with Gasteiger partial charge in [-0.3, -0.25) is 0 Å². The van der Waals surface area contributed by atoms with Crippen molar-refractivity contribution in [3.63, 3.8) is 0 Å². The van der Waals surface area contributed by atoms with Crippen molar-refractivity contribution in [1.29, 1.82) is 0 Å². The molecule has 1 aromatic carbocycles. The molecular weight excluding hydrogens is 276 g/mol. The summed E-state index contributed by atoms with van der Waals surface area (Å²) in [5.74, 6) is 0.732. The first-order valence-corrected chi connectivity index (χ1v) is 8.93. The van der Waals surface area contributed by atoms with E-state index in [4.69, 9.17) is 0 Å². The molecule has 21 heavy (non-hydrogen) atoms.